The molecule has 0 N–H and O–H groups in total. The summed E-state index contributed by atoms with van der Waals surface area (Å²) in [6.45, 7) is 0.986. The summed E-state index contributed by atoms with van der Waals surface area (Å²) in [4.78, 5) is 44.9. The number of alkyl halides is 3. The minimum Gasteiger partial charge on any atom is -0.336 e. The summed E-state index contributed by atoms with van der Waals surface area (Å²) < 4.78 is 39.4. The fraction of sp³-hybridized carbons (Fsp3) is 0.184. The lowest BCUT2D eigenvalue weighted by Crippen LogP contribution is -2.52. The van der Waals surface area contributed by atoms with Crippen LogP contribution in [0.1, 0.15) is 33.6 Å². The highest BCUT2D eigenvalue weighted by molar-refractivity contribution is 5.95. The van der Waals surface area contributed by atoms with Gasteiger partial charge in [0.2, 0.25) is 11.8 Å². The molecule has 0 bridgehead atoms. The summed E-state index contributed by atoms with van der Waals surface area (Å²) in [5.41, 5.74) is 4.35. The van der Waals surface area contributed by atoms with Gasteiger partial charge in [-0.3, -0.25) is 14.6 Å². The van der Waals surface area contributed by atoms with Crippen molar-refractivity contribution in [2.24, 2.45) is 0 Å². The molecule has 1 atom stereocenters. The van der Waals surface area contributed by atoms with Crippen LogP contribution in [0.3, 0.4) is 0 Å². The molecule has 2 amide bonds. The van der Waals surface area contributed by atoms with Crippen LogP contribution in [0.4, 0.5) is 13.2 Å². The number of benzene rings is 3. The Kier molecular flexibility index (Phi) is 9.70. The van der Waals surface area contributed by atoms with Crippen LogP contribution in [0.2, 0.25) is 0 Å². The molecule has 3 aromatic carbocycles. The van der Waals surface area contributed by atoms with Gasteiger partial charge in [-0.1, -0.05) is 66.7 Å². The molecule has 7 nitrogen and oxygen atoms in total. The molecule has 0 saturated heterocycles. The Morgan fingerprint density at radius 2 is 1.50 bits per heavy atom. The number of nitrogens with zero attached hydrogens (tertiary/aromatic N) is 5. The van der Waals surface area contributed by atoms with Crippen molar-refractivity contribution in [1.29, 1.82) is 0 Å². The van der Waals surface area contributed by atoms with Crippen LogP contribution in [-0.4, -0.2) is 49.2 Å². The van der Waals surface area contributed by atoms with E-state index < -0.39 is 23.7 Å². The Hall–Kier alpha value is -5.64. The molecule has 0 fully saturated rings. The van der Waals surface area contributed by atoms with E-state index in [1.165, 1.54) is 34.7 Å². The van der Waals surface area contributed by atoms with Gasteiger partial charge in [0.1, 0.15) is 11.9 Å². The topological polar surface area (TPSA) is 79.3 Å². The molecule has 48 heavy (non-hydrogen) atoms. The van der Waals surface area contributed by atoms with Crippen molar-refractivity contribution < 1.29 is 22.8 Å². The van der Waals surface area contributed by atoms with Crippen molar-refractivity contribution in [3.63, 3.8) is 0 Å². The first-order chi connectivity index (χ1) is 23.2. The fourth-order valence-electron chi connectivity index (χ4n) is 5.73. The van der Waals surface area contributed by atoms with E-state index in [4.69, 9.17) is 0 Å². The Morgan fingerprint density at radius 1 is 0.812 bits per heavy atom. The number of fused-ring (bicyclic) bond motifs is 1. The Labute approximate surface area is 276 Å². The van der Waals surface area contributed by atoms with Crippen molar-refractivity contribution in [2.45, 2.75) is 38.1 Å². The maximum absolute atomic E-state index is 14.4. The smallest absolute Gasteiger partial charge is 0.336 e. The molecule has 5 aromatic rings. The quantitative estimate of drug-likeness (QED) is 0.165. The molecule has 242 valence electrons. The van der Waals surface area contributed by atoms with E-state index in [0.29, 0.717) is 30.9 Å². The van der Waals surface area contributed by atoms with E-state index in [1.807, 2.05) is 60.7 Å². The number of hydrogen-bond acceptors (Lipinski definition) is 5. The second-order valence-electron chi connectivity index (χ2n) is 11.5. The third kappa shape index (κ3) is 7.83. The predicted octanol–water partition coefficient (Wildman–Crippen LogP) is 6.80. The maximum Gasteiger partial charge on any atom is 0.416 e. The van der Waals surface area contributed by atoms with Crippen molar-refractivity contribution in [3.8, 4) is 11.3 Å². The largest absolute Gasteiger partial charge is 0.416 e. The molecule has 6 rings (SSSR count). The molecule has 1 aliphatic heterocycles. The second-order valence-corrected chi connectivity index (χ2v) is 11.5. The number of aromatic nitrogens is 3. The van der Waals surface area contributed by atoms with Gasteiger partial charge < -0.3 is 9.80 Å². The van der Waals surface area contributed by atoms with E-state index >= 15 is 0 Å². The van der Waals surface area contributed by atoms with E-state index in [2.05, 4.69) is 21.0 Å². The second kappa shape index (κ2) is 14.4. The standard InChI is InChI=1S/C38H32F3N5O2/c39-38(40,41)32-16-11-27(12-17-32)13-18-36(47)46(25-28-9-14-30(15-10-28)33-8-3-4-20-42-33)34(24-35-43-21-5-22-44-35)37(48)45-23-19-29-6-1-2-7-31(29)26-45/h1-18,20-22,34H,19,23-26H2/b18-13+/t34-/m0/s1. The third-order valence-electron chi connectivity index (χ3n) is 8.31. The number of pyridine rings is 1. The maximum atomic E-state index is 14.4. The molecule has 1 aliphatic rings. The molecular weight excluding hydrogens is 615 g/mol. The number of rotatable bonds is 9. The zero-order valence-electron chi connectivity index (χ0n) is 25.9. The predicted molar refractivity (Wildman–Crippen MR) is 176 cm³/mol. The number of halogens is 3. The summed E-state index contributed by atoms with van der Waals surface area (Å²) in [7, 11) is 0. The summed E-state index contributed by atoms with van der Waals surface area (Å²) >= 11 is 0. The normalized spacial score (nSPS) is 13.6. The number of carbonyl (C=O) groups excluding carboxylic acids is 2. The summed E-state index contributed by atoms with van der Waals surface area (Å²) in [6, 6.07) is 26.5. The number of hydrogen-bond donors (Lipinski definition) is 0. The molecule has 0 aliphatic carbocycles. The lowest BCUT2D eigenvalue weighted by Gasteiger charge is -2.36. The third-order valence-corrected chi connectivity index (χ3v) is 8.31. The van der Waals surface area contributed by atoms with Crippen LogP contribution in [0.15, 0.2) is 122 Å². The number of carbonyl (C=O) groups is 2. The zero-order valence-corrected chi connectivity index (χ0v) is 25.9. The van der Waals surface area contributed by atoms with Crippen LogP contribution in [0.5, 0.6) is 0 Å². The van der Waals surface area contributed by atoms with Gasteiger partial charge in [0, 0.05) is 56.3 Å². The van der Waals surface area contributed by atoms with Crippen molar-refractivity contribution in [2.75, 3.05) is 6.54 Å². The van der Waals surface area contributed by atoms with E-state index in [-0.39, 0.29) is 18.9 Å². The van der Waals surface area contributed by atoms with Gasteiger partial charge in [-0.2, -0.15) is 13.2 Å². The van der Waals surface area contributed by atoms with Gasteiger partial charge in [0.25, 0.3) is 0 Å². The minimum absolute atomic E-state index is 0.0731. The van der Waals surface area contributed by atoms with Gasteiger partial charge in [0.05, 0.1) is 11.3 Å². The highest BCUT2D eigenvalue weighted by atomic mass is 19.4. The van der Waals surface area contributed by atoms with Crippen molar-refractivity contribution in [3.05, 3.63) is 155 Å². The highest BCUT2D eigenvalue weighted by Gasteiger charge is 2.35. The highest BCUT2D eigenvalue weighted by Crippen LogP contribution is 2.29. The number of amides is 2. The van der Waals surface area contributed by atoms with Crippen LogP contribution < -0.4 is 0 Å². The first-order valence-corrected chi connectivity index (χ1v) is 15.5. The van der Waals surface area contributed by atoms with Crippen LogP contribution >= 0.6 is 0 Å². The minimum atomic E-state index is -4.47. The molecule has 0 unspecified atom stereocenters. The van der Waals surface area contributed by atoms with E-state index in [0.717, 1.165) is 34.5 Å². The zero-order chi connectivity index (χ0) is 33.5. The van der Waals surface area contributed by atoms with Gasteiger partial charge in [-0.15, -0.1) is 0 Å². The molecule has 0 spiro atoms. The molecule has 3 heterocycles. The van der Waals surface area contributed by atoms with Gasteiger partial charge in [-0.05, 0) is 65.1 Å². The first kappa shape index (κ1) is 32.3. The van der Waals surface area contributed by atoms with Gasteiger partial charge >= 0.3 is 6.18 Å². The molecular formula is C38H32F3N5O2. The average Bonchev–Trinajstić information content (AvgIpc) is 3.12. The van der Waals surface area contributed by atoms with E-state index in [1.54, 1.807) is 29.6 Å². The van der Waals surface area contributed by atoms with Crippen LogP contribution in [-0.2, 0) is 41.7 Å². The SMILES string of the molecule is O=C([C@H](Cc1ncccn1)N(Cc1ccc(-c2ccccn2)cc1)C(=O)/C=C/c1ccc(C(F)(F)F)cc1)N1CCc2ccccc2C1. The fourth-order valence-corrected chi connectivity index (χ4v) is 5.73. The molecule has 2 aromatic heterocycles. The summed E-state index contributed by atoms with van der Waals surface area (Å²) in [5.74, 6) is -0.308. The lowest BCUT2D eigenvalue weighted by molar-refractivity contribution is -0.144. The van der Waals surface area contributed by atoms with E-state index in [9.17, 15) is 22.8 Å². The van der Waals surface area contributed by atoms with Crippen molar-refractivity contribution in [1.82, 2.24) is 24.8 Å². The Bertz CT molecular complexity index is 1880. The van der Waals surface area contributed by atoms with Crippen LogP contribution in [0, 0.1) is 0 Å². The van der Waals surface area contributed by atoms with Gasteiger partial charge in [-0.25, -0.2) is 9.97 Å². The Morgan fingerprint density at radius 3 is 2.19 bits per heavy atom. The Balaban J connectivity index is 1.34. The summed E-state index contributed by atoms with van der Waals surface area (Å²) in [6.07, 6.45) is 3.94. The molecule has 0 radical (unpaired) electrons. The lowest BCUT2D eigenvalue weighted by atomic mass is 9.98. The first-order valence-electron chi connectivity index (χ1n) is 15.5. The summed E-state index contributed by atoms with van der Waals surface area (Å²) in [5, 5.41) is 0. The van der Waals surface area contributed by atoms with Gasteiger partial charge in [0.15, 0.2) is 0 Å². The van der Waals surface area contributed by atoms with Crippen LogP contribution in [0.25, 0.3) is 17.3 Å². The average molecular weight is 648 g/mol. The molecule has 0 saturated carbocycles. The molecule has 10 heteroatoms. The van der Waals surface area contributed by atoms with Crippen molar-refractivity contribution >= 4 is 17.9 Å². The monoisotopic (exact) mass is 647 g/mol.